The van der Waals surface area contributed by atoms with E-state index in [0.717, 1.165) is 17.3 Å². The van der Waals surface area contributed by atoms with E-state index < -0.39 is 0 Å². The standard InChI is InChI=1S/C23H25N5O2/c1-3-21(29)25-18-7-5-16(6-8-18)22(30)28-11-10-19(14-28)26-23-24-13-17-12-15(2)4-9-20(17)27-23/h4-9,12-13,19H,3,10-11,14H2,1-2H3,(H,25,29)(H,24,26,27)/t19-/m1/s1. The molecule has 3 aromatic rings. The van der Waals surface area contributed by atoms with Crippen LogP contribution in [0, 0.1) is 6.92 Å². The molecular weight excluding hydrogens is 378 g/mol. The highest BCUT2D eigenvalue weighted by molar-refractivity contribution is 5.96. The molecule has 0 unspecified atom stereocenters. The summed E-state index contributed by atoms with van der Waals surface area (Å²) in [6.07, 6.45) is 3.09. The van der Waals surface area contributed by atoms with Crippen LogP contribution in [0.4, 0.5) is 11.6 Å². The number of benzene rings is 2. The lowest BCUT2D eigenvalue weighted by atomic mass is 10.2. The number of likely N-dealkylation sites (tertiary alicyclic amines) is 1. The van der Waals surface area contributed by atoms with E-state index in [4.69, 9.17) is 0 Å². The van der Waals surface area contributed by atoms with Crippen molar-refractivity contribution in [1.82, 2.24) is 14.9 Å². The lowest BCUT2D eigenvalue weighted by Gasteiger charge is -2.17. The Bertz CT molecular complexity index is 1080. The van der Waals surface area contributed by atoms with E-state index in [1.807, 2.05) is 30.2 Å². The summed E-state index contributed by atoms with van der Waals surface area (Å²) in [5.41, 5.74) is 3.39. The molecule has 2 N–H and O–H groups in total. The predicted octanol–water partition coefficient (Wildman–Crippen LogP) is 3.61. The van der Waals surface area contributed by atoms with Crippen molar-refractivity contribution in [2.45, 2.75) is 32.7 Å². The van der Waals surface area contributed by atoms with Gasteiger partial charge in [0.25, 0.3) is 5.91 Å². The van der Waals surface area contributed by atoms with Crippen molar-refractivity contribution in [2.75, 3.05) is 23.7 Å². The number of aromatic nitrogens is 2. The molecule has 1 aliphatic heterocycles. The minimum Gasteiger partial charge on any atom is -0.350 e. The monoisotopic (exact) mass is 403 g/mol. The third kappa shape index (κ3) is 4.40. The second-order valence-electron chi connectivity index (χ2n) is 7.62. The number of anilines is 2. The molecule has 1 saturated heterocycles. The third-order valence-electron chi connectivity index (χ3n) is 5.28. The van der Waals surface area contributed by atoms with Gasteiger partial charge in [-0.25, -0.2) is 9.97 Å². The van der Waals surface area contributed by atoms with Gasteiger partial charge in [0, 0.05) is 48.4 Å². The van der Waals surface area contributed by atoms with Gasteiger partial charge in [0.2, 0.25) is 11.9 Å². The number of hydrogen-bond donors (Lipinski definition) is 2. The first-order valence-electron chi connectivity index (χ1n) is 10.2. The van der Waals surface area contributed by atoms with Crippen molar-refractivity contribution in [1.29, 1.82) is 0 Å². The maximum atomic E-state index is 12.8. The summed E-state index contributed by atoms with van der Waals surface area (Å²) in [6.45, 7) is 5.12. The van der Waals surface area contributed by atoms with Crippen molar-refractivity contribution in [3.05, 3.63) is 59.8 Å². The first-order valence-corrected chi connectivity index (χ1v) is 10.2. The van der Waals surface area contributed by atoms with Gasteiger partial charge in [-0.05, 0) is 49.7 Å². The Morgan fingerprint density at radius 1 is 1.17 bits per heavy atom. The molecule has 0 radical (unpaired) electrons. The van der Waals surface area contributed by atoms with E-state index in [2.05, 4.69) is 26.7 Å². The molecule has 2 amide bonds. The van der Waals surface area contributed by atoms with Gasteiger partial charge < -0.3 is 15.5 Å². The van der Waals surface area contributed by atoms with Crippen LogP contribution in [-0.2, 0) is 4.79 Å². The summed E-state index contributed by atoms with van der Waals surface area (Å²) in [5, 5.41) is 7.16. The molecular formula is C23H25N5O2. The summed E-state index contributed by atoms with van der Waals surface area (Å²) in [7, 11) is 0. The Balaban J connectivity index is 1.37. The number of nitrogens with one attached hydrogen (secondary N) is 2. The second-order valence-corrected chi connectivity index (χ2v) is 7.62. The lowest BCUT2D eigenvalue weighted by molar-refractivity contribution is -0.115. The van der Waals surface area contributed by atoms with Crippen molar-refractivity contribution in [2.24, 2.45) is 0 Å². The molecule has 0 saturated carbocycles. The molecule has 7 nitrogen and oxygen atoms in total. The van der Waals surface area contributed by atoms with Gasteiger partial charge in [-0.1, -0.05) is 18.6 Å². The van der Waals surface area contributed by atoms with Gasteiger partial charge in [0.1, 0.15) is 0 Å². The van der Waals surface area contributed by atoms with E-state index >= 15 is 0 Å². The number of aryl methyl sites for hydroxylation is 1. The number of carbonyl (C=O) groups is 2. The van der Waals surface area contributed by atoms with Crippen molar-refractivity contribution in [3.8, 4) is 0 Å². The molecule has 0 spiro atoms. The number of nitrogens with zero attached hydrogens (tertiary/aromatic N) is 3. The summed E-state index contributed by atoms with van der Waals surface area (Å²) < 4.78 is 0. The lowest BCUT2D eigenvalue weighted by Crippen LogP contribution is -2.31. The van der Waals surface area contributed by atoms with Gasteiger partial charge in [0.15, 0.2) is 0 Å². The Hall–Kier alpha value is -3.48. The Kier molecular flexibility index (Phi) is 5.61. The SMILES string of the molecule is CCC(=O)Nc1ccc(C(=O)N2CC[C@@H](Nc3ncc4cc(C)ccc4n3)C2)cc1. The first kappa shape index (κ1) is 19.8. The summed E-state index contributed by atoms with van der Waals surface area (Å²) in [4.78, 5) is 35.1. The van der Waals surface area contributed by atoms with E-state index in [9.17, 15) is 9.59 Å². The van der Waals surface area contributed by atoms with Crippen molar-refractivity contribution >= 4 is 34.4 Å². The maximum Gasteiger partial charge on any atom is 0.253 e. The fourth-order valence-electron chi connectivity index (χ4n) is 3.60. The largest absolute Gasteiger partial charge is 0.350 e. The van der Waals surface area contributed by atoms with Crippen LogP contribution < -0.4 is 10.6 Å². The fraction of sp³-hybridized carbons (Fsp3) is 0.304. The Labute approximate surface area is 175 Å². The highest BCUT2D eigenvalue weighted by atomic mass is 16.2. The molecule has 154 valence electrons. The van der Waals surface area contributed by atoms with Crippen LogP contribution in [0.15, 0.2) is 48.7 Å². The zero-order valence-electron chi connectivity index (χ0n) is 17.2. The Morgan fingerprint density at radius 2 is 1.97 bits per heavy atom. The zero-order chi connectivity index (χ0) is 21.1. The second kappa shape index (κ2) is 8.49. The summed E-state index contributed by atoms with van der Waals surface area (Å²) in [6, 6.07) is 13.2. The van der Waals surface area contributed by atoms with Crippen LogP contribution >= 0.6 is 0 Å². The highest BCUT2D eigenvalue weighted by Gasteiger charge is 2.27. The number of hydrogen-bond acceptors (Lipinski definition) is 5. The maximum absolute atomic E-state index is 12.8. The average molecular weight is 403 g/mol. The number of carbonyl (C=O) groups excluding carboxylic acids is 2. The molecule has 1 aliphatic rings. The van der Waals surface area contributed by atoms with Gasteiger partial charge in [-0.2, -0.15) is 0 Å². The van der Waals surface area contributed by atoms with Crippen LogP contribution in [0.2, 0.25) is 0 Å². The molecule has 0 bridgehead atoms. The van der Waals surface area contributed by atoms with Crippen molar-refractivity contribution in [3.63, 3.8) is 0 Å². The number of amides is 2. The van der Waals surface area contributed by atoms with Crippen LogP contribution in [0.5, 0.6) is 0 Å². The third-order valence-corrected chi connectivity index (χ3v) is 5.28. The van der Waals surface area contributed by atoms with Crippen LogP contribution in [0.1, 0.15) is 35.7 Å². The van der Waals surface area contributed by atoms with Gasteiger partial charge >= 0.3 is 0 Å². The first-order chi connectivity index (χ1) is 14.5. The van der Waals surface area contributed by atoms with Crippen molar-refractivity contribution < 1.29 is 9.59 Å². The molecule has 4 rings (SSSR count). The molecule has 1 fully saturated rings. The molecule has 1 atom stereocenters. The molecule has 7 heteroatoms. The smallest absolute Gasteiger partial charge is 0.253 e. The van der Waals surface area contributed by atoms with Gasteiger partial charge in [-0.3, -0.25) is 9.59 Å². The minimum absolute atomic E-state index is 0.0115. The summed E-state index contributed by atoms with van der Waals surface area (Å²) in [5.74, 6) is 0.526. The van der Waals surface area contributed by atoms with Gasteiger partial charge in [0.05, 0.1) is 5.52 Å². The topological polar surface area (TPSA) is 87.2 Å². The summed E-state index contributed by atoms with van der Waals surface area (Å²) >= 11 is 0. The molecule has 2 heterocycles. The number of rotatable bonds is 5. The molecule has 1 aromatic heterocycles. The molecule has 0 aliphatic carbocycles. The quantitative estimate of drug-likeness (QED) is 0.680. The van der Waals surface area contributed by atoms with E-state index in [-0.39, 0.29) is 17.9 Å². The van der Waals surface area contributed by atoms with Crippen LogP contribution in [0.25, 0.3) is 10.9 Å². The van der Waals surface area contributed by atoms with E-state index in [0.29, 0.717) is 36.7 Å². The predicted molar refractivity (Wildman–Crippen MR) is 118 cm³/mol. The van der Waals surface area contributed by atoms with Crippen LogP contribution in [-0.4, -0.2) is 45.8 Å². The fourth-order valence-corrected chi connectivity index (χ4v) is 3.60. The van der Waals surface area contributed by atoms with Crippen LogP contribution in [0.3, 0.4) is 0 Å². The average Bonchev–Trinajstić information content (AvgIpc) is 3.22. The Morgan fingerprint density at radius 3 is 2.73 bits per heavy atom. The zero-order valence-corrected chi connectivity index (χ0v) is 17.2. The van der Waals surface area contributed by atoms with E-state index in [1.165, 1.54) is 5.56 Å². The highest BCUT2D eigenvalue weighted by Crippen LogP contribution is 2.19. The molecule has 2 aromatic carbocycles. The number of fused-ring (bicyclic) bond motifs is 1. The van der Waals surface area contributed by atoms with E-state index in [1.54, 1.807) is 31.2 Å². The normalized spacial score (nSPS) is 15.9. The molecule has 30 heavy (non-hydrogen) atoms. The minimum atomic E-state index is -0.0476. The van der Waals surface area contributed by atoms with Gasteiger partial charge in [-0.15, -0.1) is 0 Å².